The minimum Gasteiger partial charge on any atom is -0.352 e. The van der Waals surface area contributed by atoms with Crippen molar-refractivity contribution in [2.75, 3.05) is 5.32 Å². The van der Waals surface area contributed by atoms with Gasteiger partial charge in [-0.2, -0.15) is 5.26 Å². The SMILES string of the molecule is Cc1ccccc1CNC(=O)C1CC1C(=O)Nc1cccc(C#N)c1. The summed E-state index contributed by atoms with van der Waals surface area (Å²) in [7, 11) is 0. The van der Waals surface area contributed by atoms with Crippen LogP contribution in [0.4, 0.5) is 5.69 Å². The Labute approximate surface area is 146 Å². The molecule has 2 atom stereocenters. The van der Waals surface area contributed by atoms with Crippen molar-refractivity contribution in [2.24, 2.45) is 11.8 Å². The summed E-state index contributed by atoms with van der Waals surface area (Å²) in [6.07, 6.45) is 0.559. The maximum absolute atomic E-state index is 12.2. The number of nitrogens with one attached hydrogen (secondary N) is 2. The first-order chi connectivity index (χ1) is 12.1. The molecule has 0 saturated heterocycles. The van der Waals surface area contributed by atoms with Crippen LogP contribution in [0.3, 0.4) is 0 Å². The second-order valence-electron chi connectivity index (χ2n) is 6.27. The van der Waals surface area contributed by atoms with E-state index in [2.05, 4.69) is 10.6 Å². The molecule has 25 heavy (non-hydrogen) atoms. The van der Waals surface area contributed by atoms with Crippen molar-refractivity contribution in [3.8, 4) is 6.07 Å². The van der Waals surface area contributed by atoms with E-state index in [0.29, 0.717) is 24.2 Å². The molecule has 5 nitrogen and oxygen atoms in total. The topological polar surface area (TPSA) is 82.0 Å². The van der Waals surface area contributed by atoms with E-state index in [1.165, 1.54) is 0 Å². The Kier molecular flexibility index (Phi) is 4.80. The number of benzene rings is 2. The first-order valence-electron chi connectivity index (χ1n) is 8.21. The standard InChI is InChI=1S/C20H19N3O2/c1-13-5-2-3-7-15(13)12-22-19(24)17-10-18(17)20(25)23-16-8-4-6-14(9-16)11-21/h2-9,17-18H,10,12H2,1H3,(H,22,24)(H,23,25). The van der Waals surface area contributed by atoms with Crippen molar-refractivity contribution in [1.82, 2.24) is 5.32 Å². The number of anilines is 1. The van der Waals surface area contributed by atoms with Crippen LogP contribution in [0.2, 0.25) is 0 Å². The second-order valence-corrected chi connectivity index (χ2v) is 6.27. The average Bonchev–Trinajstić information content (AvgIpc) is 3.42. The molecule has 3 rings (SSSR count). The Balaban J connectivity index is 1.51. The zero-order valence-corrected chi connectivity index (χ0v) is 14.0. The number of hydrogen-bond donors (Lipinski definition) is 2. The monoisotopic (exact) mass is 333 g/mol. The Morgan fingerprint density at radius 1 is 1.12 bits per heavy atom. The van der Waals surface area contributed by atoms with Gasteiger partial charge in [0, 0.05) is 12.2 Å². The van der Waals surface area contributed by atoms with Crippen molar-refractivity contribution in [3.63, 3.8) is 0 Å². The molecule has 0 radical (unpaired) electrons. The second kappa shape index (κ2) is 7.18. The Hall–Kier alpha value is -3.13. The molecule has 126 valence electrons. The van der Waals surface area contributed by atoms with Gasteiger partial charge in [0.05, 0.1) is 23.5 Å². The third-order valence-corrected chi connectivity index (χ3v) is 4.44. The van der Waals surface area contributed by atoms with Gasteiger partial charge in [-0.15, -0.1) is 0 Å². The van der Waals surface area contributed by atoms with Crippen LogP contribution in [0.5, 0.6) is 0 Å². The quantitative estimate of drug-likeness (QED) is 0.882. The molecule has 2 amide bonds. The molecule has 0 aliphatic heterocycles. The summed E-state index contributed by atoms with van der Waals surface area (Å²) in [6.45, 7) is 2.48. The van der Waals surface area contributed by atoms with Crippen molar-refractivity contribution < 1.29 is 9.59 Å². The highest BCUT2D eigenvalue weighted by molar-refractivity contribution is 5.99. The lowest BCUT2D eigenvalue weighted by Gasteiger charge is -2.08. The normalized spacial score (nSPS) is 18.1. The predicted octanol–water partition coefficient (Wildman–Crippen LogP) is 2.76. The van der Waals surface area contributed by atoms with Crippen molar-refractivity contribution in [3.05, 3.63) is 65.2 Å². The minimum absolute atomic E-state index is 0.0887. The van der Waals surface area contributed by atoms with E-state index in [0.717, 1.165) is 11.1 Å². The van der Waals surface area contributed by atoms with E-state index in [1.54, 1.807) is 24.3 Å². The van der Waals surface area contributed by atoms with Gasteiger partial charge in [-0.05, 0) is 42.7 Å². The molecule has 1 saturated carbocycles. The lowest BCUT2D eigenvalue weighted by molar-refractivity contribution is -0.125. The number of hydrogen-bond acceptors (Lipinski definition) is 3. The minimum atomic E-state index is -0.303. The smallest absolute Gasteiger partial charge is 0.228 e. The number of aryl methyl sites for hydroxylation is 1. The van der Waals surface area contributed by atoms with E-state index in [4.69, 9.17) is 5.26 Å². The van der Waals surface area contributed by atoms with Crippen molar-refractivity contribution in [1.29, 1.82) is 5.26 Å². The Morgan fingerprint density at radius 3 is 2.64 bits per heavy atom. The average molecular weight is 333 g/mol. The summed E-state index contributed by atoms with van der Waals surface area (Å²) in [6, 6.07) is 16.7. The first-order valence-corrected chi connectivity index (χ1v) is 8.21. The first kappa shape index (κ1) is 16.7. The van der Waals surface area contributed by atoms with Gasteiger partial charge in [-0.1, -0.05) is 30.3 Å². The molecular formula is C20H19N3O2. The van der Waals surface area contributed by atoms with Crippen molar-refractivity contribution >= 4 is 17.5 Å². The zero-order chi connectivity index (χ0) is 17.8. The Morgan fingerprint density at radius 2 is 1.88 bits per heavy atom. The van der Waals surface area contributed by atoms with Crippen LogP contribution >= 0.6 is 0 Å². The molecule has 1 aliphatic carbocycles. The van der Waals surface area contributed by atoms with E-state index >= 15 is 0 Å². The highest BCUT2D eigenvalue weighted by Crippen LogP contribution is 2.39. The summed E-state index contributed by atoms with van der Waals surface area (Å²) >= 11 is 0. The van der Waals surface area contributed by atoms with Gasteiger partial charge in [0.25, 0.3) is 0 Å². The molecule has 2 N–H and O–H groups in total. The van der Waals surface area contributed by atoms with Gasteiger partial charge in [0.1, 0.15) is 0 Å². The van der Waals surface area contributed by atoms with Gasteiger partial charge in [-0.25, -0.2) is 0 Å². The van der Waals surface area contributed by atoms with Gasteiger partial charge in [0.15, 0.2) is 0 Å². The van der Waals surface area contributed by atoms with Crippen molar-refractivity contribution in [2.45, 2.75) is 19.9 Å². The maximum Gasteiger partial charge on any atom is 0.228 e. The molecule has 2 aromatic rings. The summed E-state index contributed by atoms with van der Waals surface area (Å²) in [4.78, 5) is 24.5. The lowest BCUT2D eigenvalue weighted by Crippen LogP contribution is -2.27. The van der Waals surface area contributed by atoms with E-state index in [-0.39, 0.29) is 23.7 Å². The maximum atomic E-state index is 12.2. The van der Waals surface area contributed by atoms with Crippen LogP contribution < -0.4 is 10.6 Å². The van der Waals surface area contributed by atoms with Gasteiger partial charge in [-0.3, -0.25) is 9.59 Å². The van der Waals surface area contributed by atoms with E-state index in [1.807, 2.05) is 37.3 Å². The fraction of sp³-hybridized carbons (Fsp3) is 0.250. The molecule has 5 heteroatoms. The summed E-state index contributed by atoms with van der Waals surface area (Å²) < 4.78 is 0. The largest absolute Gasteiger partial charge is 0.352 e. The van der Waals surface area contributed by atoms with Crippen LogP contribution in [0.1, 0.15) is 23.1 Å². The zero-order valence-electron chi connectivity index (χ0n) is 14.0. The van der Waals surface area contributed by atoms with Gasteiger partial charge >= 0.3 is 0 Å². The number of carbonyl (C=O) groups excluding carboxylic acids is 2. The molecule has 1 fully saturated rings. The third-order valence-electron chi connectivity index (χ3n) is 4.44. The molecule has 0 bridgehead atoms. The molecule has 2 unspecified atom stereocenters. The number of nitriles is 1. The van der Waals surface area contributed by atoms with Crippen LogP contribution in [0, 0.1) is 30.1 Å². The van der Waals surface area contributed by atoms with E-state index in [9.17, 15) is 9.59 Å². The van der Waals surface area contributed by atoms with E-state index < -0.39 is 0 Å². The molecule has 1 aliphatic rings. The van der Waals surface area contributed by atoms with Crippen LogP contribution in [-0.4, -0.2) is 11.8 Å². The van der Waals surface area contributed by atoms with Gasteiger partial charge < -0.3 is 10.6 Å². The lowest BCUT2D eigenvalue weighted by atomic mass is 10.1. The Bertz CT molecular complexity index is 854. The fourth-order valence-corrected chi connectivity index (χ4v) is 2.80. The predicted molar refractivity (Wildman–Crippen MR) is 94.4 cm³/mol. The highest BCUT2D eigenvalue weighted by atomic mass is 16.2. The molecule has 2 aromatic carbocycles. The molecule has 0 heterocycles. The van der Waals surface area contributed by atoms with Crippen LogP contribution in [0.25, 0.3) is 0 Å². The number of rotatable bonds is 5. The highest BCUT2D eigenvalue weighted by Gasteiger charge is 2.47. The van der Waals surface area contributed by atoms with Crippen LogP contribution in [0.15, 0.2) is 48.5 Å². The van der Waals surface area contributed by atoms with Crippen LogP contribution in [-0.2, 0) is 16.1 Å². The summed E-state index contributed by atoms with van der Waals surface area (Å²) in [5, 5.41) is 14.6. The molecular weight excluding hydrogens is 314 g/mol. The molecule has 0 spiro atoms. The number of carbonyl (C=O) groups is 2. The fourth-order valence-electron chi connectivity index (χ4n) is 2.80. The summed E-state index contributed by atoms with van der Waals surface area (Å²) in [5.74, 6) is -0.842. The number of amides is 2. The summed E-state index contributed by atoms with van der Waals surface area (Å²) in [5.41, 5.74) is 3.27. The number of nitrogens with zero attached hydrogens (tertiary/aromatic N) is 1. The molecule has 0 aromatic heterocycles. The van der Waals surface area contributed by atoms with Gasteiger partial charge in [0.2, 0.25) is 11.8 Å². The third kappa shape index (κ3) is 4.04.